The zero-order chi connectivity index (χ0) is 37.2. The highest BCUT2D eigenvalue weighted by molar-refractivity contribution is 5.81. The fourth-order valence-electron chi connectivity index (χ4n) is 9.29. The summed E-state index contributed by atoms with van der Waals surface area (Å²) in [6, 6.07) is 8.39. The second-order valence-corrected chi connectivity index (χ2v) is 17.2. The summed E-state index contributed by atoms with van der Waals surface area (Å²) in [5.41, 5.74) is 6.18. The van der Waals surface area contributed by atoms with Crippen LogP contribution >= 0.6 is 0 Å². The number of hydrogen-bond acceptors (Lipinski definition) is 6. The molecular formula is C46H62O6. The molecule has 6 heteroatoms. The van der Waals surface area contributed by atoms with Crippen molar-refractivity contribution in [2.24, 2.45) is 11.8 Å². The van der Waals surface area contributed by atoms with Crippen LogP contribution in [-0.4, -0.2) is 23.1 Å². The Labute approximate surface area is 312 Å². The van der Waals surface area contributed by atoms with E-state index in [0.717, 1.165) is 111 Å². The number of esters is 2. The number of ether oxygens (including phenoxy) is 4. The Kier molecular flexibility index (Phi) is 11.6. The fraction of sp³-hybridized carbons (Fsp3) is 0.609. The number of fused-ring (bicyclic) bond motifs is 6. The van der Waals surface area contributed by atoms with Gasteiger partial charge in [-0.15, -0.1) is 0 Å². The van der Waals surface area contributed by atoms with Gasteiger partial charge < -0.3 is 18.9 Å². The number of allylic oxidation sites excluding steroid dienone is 4. The molecule has 4 aliphatic rings. The number of unbranched alkanes of at least 4 members (excludes halogenated alkanes) is 4. The van der Waals surface area contributed by atoms with Gasteiger partial charge in [0.05, 0.1) is 12.8 Å². The van der Waals surface area contributed by atoms with Crippen molar-refractivity contribution >= 4 is 11.9 Å². The first-order chi connectivity index (χ1) is 24.8. The summed E-state index contributed by atoms with van der Waals surface area (Å²) in [7, 11) is 0. The van der Waals surface area contributed by atoms with E-state index in [-0.39, 0.29) is 47.7 Å². The molecule has 52 heavy (non-hydrogen) atoms. The van der Waals surface area contributed by atoms with E-state index in [9.17, 15) is 9.59 Å². The summed E-state index contributed by atoms with van der Waals surface area (Å²) in [6.45, 7) is 17.5. The highest BCUT2D eigenvalue weighted by atomic mass is 16.5. The lowest BCUT2D eigenvalue weighted by atomic mass is 9.68. The Morgan fingerprint density at radius 2 is 1.06 bits per heavy atom. The second-order valence-electron chi connectivity index (χ2n) is 17.2. The summed E-state index contributed by atoms with van der Waals surface area (Å²) >= 11 is 0. The average Bonchev–Trinajstić information content (AvgIpc) is 3.06. The lowest BCUT2D eigenvalue weighted by Crippen LogP contribution is -2.45. The van der Waals surface area contributed by atoms with Gasteiger partial charge in [-0.05, 0) is 128 Å². The van der Waals surface area contributed by atoms with Gasteiger partial charge in [-0.2, -0.15) is 0 Å². The molecule has 0 saturated carbocycles. The first kappa shape index (κ1) is 38.2. The van der Waals surface area contributed by atoms with Crippen LogP contribution in [0.2, 0.25) is 0 Å². The fourth-order valence-corrected chi connectivity index (χ4v) is 9.29. The van der Waals surface area contributed by atoms with Gasteiger partial charge in [0, 0.05) is 34.8 Å². The van der Waals surface area contributed by atoms with Crippen molar-refractivity contribution in [1.82, 2.24) is 0 Å². The van der Waals surface area contributed by atoms with Gasteiger partial charge in [0.1, 0.15) is 34.2 Å². The maximum Gasteiger partial charge on any atom is 0.311 e. The van der Waals surface area contributed by atoms with Crippen molar-refractivity contribution in [2.45, 2.75) is 168 Å². The molecule has 2 heterocycles. The monoisotopic (exact) mass is 710 g/mol. The largest absolute Gasteiger partial charge is 0.487 e. The predicted octanol–water partition coefficient (Wildman–Crippen LogP) is 11.7. The number of benzene rings is 2. The van der Waals surface area contributed by atoms with E-state index >= 15 is 0 Å². The normalized spacial score (nSPS) is 23.7. The Morgan fingerprint density at radius 1 is 0.654 bits per heavy atom. The zero-order valence-electron chi connectivity index (χ0n) is 33.1. The Hall–Kier alpha value is -3.54. The summed E-state index contributed by atoms with van der Waals surface area (Å²) in [5.74, 6) is 2.66. The Morgan fingerprint density at radius 3 is 1.44 bits per heavy atom. The van der Waals surface area contributed by atoms with E-state index in [2.05, 4.69) is 79.7 Å². The highest BCUT2D eigenvalue weighted by Crippen LogP contribution is 2.55. The van der Waals surface area contributed by atoms with E-state index < -0.39 is 11.9 Å². The molecule has 0 bridgehead atoms. The zero-order valence-corrected chi connectivity index (χ0v) is 33.1. The van der Waals surface area contributed by atoms with E-state index in [1.807, 2.05) is 12.1 Å². The first-order valence-corrected chi connectivity index (χ1v) is 20.3. The molecule has 0 saturated heterocycles. The van der Waals surface area contributed by atoms with Crippen LogP contribution in [-0.2, 0) is 22.4 Å². The molecule has 0 unspecified atom stereocenters. The third-order valence-electron chi connectivity index (χ3n) is 12.1. The molecule has 282 valence electrons. The van der Waals surface area contributed by atoms with Crippen molar-refractivity contribution in [2.75, 3.05) is 0 Å². The van der Waals surface area contributed by atoms with Crippen molar-refractivity contribution in [3.05, 3.63) is 69.8 Å². The number of aryl methyl sites for hydroxylation is 2. The van der Waals surface area contributed by atoms with Gasteiger partial charge in [-0.1, -0.05) is 62.8 Å². The van der Waals surface area contributed by atoms with Gasteiger partial charge in [0.25, 0.3) is 0 Å². The van der Waals surface area contributed by atoms with Gasteiger partial charge >= 0.3 is 11.9 Å². The van der Waals surface area contributed by atoms with Crippen LogP contribution in [0.25, 0.3) is 0 Å². The molecule has 0 spiro atoms. The lowest BCUT2D eigenvalue weighted by molar-refractivity contribution is -0.140. The third kappa shape index (κ3) is 8.31. The molecule has 0 amide bonds. The van der Waals surface area contributed by atoms with Crippen molar-refractivity contribution < 1.29 is 28.5 Å². The minimum atomic E-state index is -0.436. The quantitative estimate of drug-likeness (QED) is 0.0892. The molecule has 0 N–H and O–H groups in total. The van der Waals surface area contributed by atoms with Crippen molar-refractivity contribution in [1.29, 1.82) is 0 Å². The number of rotatable bonds is 13. The number of hydrogen-bond donors (Lipinski definition) is 0. The molecule has 6 rings (SSSR count). The average molecular weight is 711 g/mol. The first-order valence-electron chi connectivity index (χ1n) is 20.3. The van der Waals surface area contributed by atoms with Crippen molar-refractivity contribution in [3.63, 3.8) is 0 Å². The van der Waals surface area contributed by atoms with Crippen LogP contribution in [0, 0.1) is 11.8 Å². The molecule has 0 fully saturated rings. The molecular weight excluding hydrogens is 649 g/mol. The van der Waals surface area contributed by atoms with Crippen LogP contribution < -0.4 is 18.9 Å². The molecule has 2 aliphatic carbocycles. The molecule has 0 radical (unpaired) electrons. The molecule has 4 atom stereocenters. The van der Waals surface area contributed by atoms with Gasteiger partial charge in [0.15, 0.2) is 0 Å². The van der Waals surface area contributed by atoms with E-state index in [1.165, 1.54) is 11.1 Å². The summed E-state index contributed by atoms with van der Waals surface area (Å²) in [5, 5.41) is 0. The van der Waals surface area contributed by atoms with E-state index in [1.54, 1.807) is 0 Å². The molecule has 0 aromatic heterocycles. The van der Waals surface area contributed by atoms with Gasteiger partial charge in [0.2, 0.25) is 0 Å². The van der Waals surface area contributed by atoms with E-state index in [4.69, 9.17) is 18.9 Å². The second kappa shape index (κ2) is 15.8. The Bertz CT molecular complexity index is 1580. The van der Waals surface area contributed by atoms with E-state index in [0.29, 0.717) is 11.5 Å². The third-order valence-corrected chi connectivity index (χ3v) is 12.1. The maximum atomic E-state index is 13.6. The van der Waals surface area contributed by atoms with Gasteiger partial charge in [-0.25, -0.2) is 0 Å². The standard InChI is InChI=1S/C46H62O6/c1-9-11-13-15-31-25-37(43-33-23-29(3)17-19-35(33)45(5,6)51-39(43)27-31)49-41(47)21-22-42(48)50-38-26-32(16-14-12-10-2)28-40-44(38)34-24-30(4)18-20-36(34)46(7,8)52-40/h23-28,33-36H,9-22H2,1-8H3/t33-,34-,35-,36-/m1/s1. The van der Waals surface area contributed by atoms with Crippen LogP contribution in [0.4, 0.5) is 0 Å². The SMILES string of the molecule is CCCCCc1cc(OC(=O)CCC(=O)Oc2cc(CCCCC)cc3c2[C@@H]2C=C(C)CC[C@H]2C(C)(C)O3)c2c(c1)OC(C)(C)[C@@H]1CCC(C)=C[C@@H]21. The highest BCUT2D eigenvalue weighted by Gasteiger charge is 2.47. The molecule has 2 aromatic carbocycles. The van der Waals surface area contributed by atoms with Gasteiger partial charge in [-0.3, -0.25) is 9.59 Å². The van der Waals surface area contributed by atoms with Crippen molar-refractivity contribution in [3.8, 4) is 23.0 Å². The minimum absolute atomic E-state index is 0.0735. The Balaban J connectivity index is 1.23. The van der Waals surface area contributed by atoms with Crippen LogP contribution in [0.15, 0.2) is 47.6 Å². The van der Waals surface area contributed by atoms with Crippen LogP contribution in [0.3, 0.4) is 0 Å². The number of carbonyl (C=O) groups is 2. The predicted molar refractivity (Wildman–Crippen MR) is 208 cm³/mol. The van der Waals surface area contributed by atoms with Crippen LogP contribution in [0.5, 0.6) is 23.0 Å². The smallest absolute Gasteiger partial charge is 0.311 e. The summed E-state index contributed by atoms with van der Waals surface area (Å²) in [4.78, 5) is 27.2. The summed E-state index contributed by atoms with van der Waals surface area (Å²) < 4.78 is 25.8. The summed E-state index contributed by atoms with van der Waals surface area (Å²) in [6.07, 6.45) is 17.1. The molecule has 6 nitrogen and oxygen atoms in total. The number of carbonyl (C=O) groups excluding carboxylic acids is 2. The maximum absolute atomic E-state index is 13.6. The lowest BCUT2D eigenvalue weighted by Gasteiger charge is -2.46. The molecule has 2 aliphatic heterocycles. The minimum Gasteiger partial charge on any atom is -0.487 e. The van der Waals surface area contributed by atoms with Crippen LogP contribution in [0.1, 0.15) is 167 Å². The molecule has 2 aromatic rings. The topological polar surface area (TPSA) is 71.1 Å².